The molecule has 0 bridgehead atoms. The van der Waals surface area contributed by atoms with Gasteiger partial charge in [0.15, 0.2) is 0 Å². The Labute approximate surface area is 129 Å². The zero-order valence-corrected chi connectivity index (χ0v) is 14.3. The molecular weight excluding hydrogens is 334 g/mol. The van der Waals surface area contributed by atoms with Crippen LogP contribution in [0.2, 0.25) is 0 Å². The molecule has 0 nitrogen and oxygen atoms in total. The SMILES string of the molecule is S=P([Se])(CCc1ccccc1)CCc1ccccc1. The molecular formula is C16H18PSSe. The maximum atomic E-state index is 5.80. The van der Waals surface area contributed by atoms with Gasteiger partial charge in [-0.25, -0.2) is 0 Å². The first-order valence-corrected chi connectivity index (χ1v) is 11.9. The van der Waals surface area contributed by atoms with Crippen molar-refractivity contribution >= 4 is 32.1 Å². The van der Waals surface area contributed by atoms with Crippen LogP contribution in [0.15, 0.2) is 60.7 Å². The first kappa shape index (κ1) is 15.0. The van der Waals surface area contributed by atoms with E-state index in [0.717, 1.165) is 25.2 Å². The molecule has 0 aliphatic rings. The normalized spacial score (nSPS) is 11.4. The van der Waals surface area contributed by atoms with Crippen molar-refractivity contribution in [2.45, 2.75) is 12.8 Å². The van der Waals surface area contributed by atoms with Crippen LogP contribution in [-0.4, -0.2) is 27.9 Å². The third kappa shape index (κ3) is 5.63. The molecule has 2 rings (SSSR count). The summed E-state index contributed by atoms with van der Waals surface area (Å²) in [6.07, 6.45) is 4.44. The van der Waals surface area contributed by atoms with Crippen LogP contribution in [0, 0.1) is 0 Å². The quantitative estimate of drug-likeness (QED) is 0.559. The topological polar surface area (TPSA) is 0 Å². The number of hydrogen-bond acceptors (Lipinski definition) is 1. The zero-order valence-electron chi connectivity index (χ0n) is 10.9. The predicted octanol–water partition coefficient (Wildman–Crippen LogP) is 4.03. The van der Waals surface area contributed by atoms with Gasteiger partial charge in [0, 0.05) is 0 Å². The van der Waals surface area contributed by atoms with Crippen molar-refractivity contribution in [3.63, 3.8) is 0 Å². The Hall–Kier alpha value is -0.391. The standard InChI is InChI=1S/C16H18PSSe/c18-17(19,13-11-15-7-3-1-4-8-15)14-12-16-9-5-2-6-10-16/h1-10H,11-14H2. The second kappa shape index (κ2) is 7.41. The van der Waals surface area contributed by atoms with Gasteiger partial charge in [-0.15, -0.1) is 0 Å². The molecule has 99 valence electrons. The van der Waals surface area contributed by atoms with Crippen molar-refractivity contribution < 1.29 is 0 Å². The molecule has 0 fully saturated rings. The molecule has 0 aromatic heterocycles. The molecule has 0 unspecified atom stereocenters. The van der Waals surface area contributed by atoms with Gasteiger partial charge >= 0.3 is 129 Å². The van der Waals surface area contributed by atoms with Crippen molar-refractivity contribution in [1.82, 2.24) is 0 Å². The molecule has 0 aliphatic carbocycles. The first-order chi connectivity index (χ1) is 9.16. The van der Waals surface area contributed by atoms with Crippen LogP contribution in [0.4, 0.5) is 0 Å². The summed E-state index contributed by atoms with van der Waals surface area (Å²) in [7, 11) is 0. The van der Waals surface area contributed by atoms with Gasteiger partial charge in [-0.1, -0.05) is 0 Å². The van der Waals surface area contributed by atoms with Crippen molar-refractivity contribution in [1.29, 1.82) is 0 Å². The Bertz CT molecular complexity index is 492. The molecule has 1 radical (unpaired) electrons. The Morgan fingerprint density at radius 2 is 1.11 bits per heavy atom. The molecule has 2 aromatic carbocycles. The van der Waals surface area contributed by atoms with Gasteiger partial charge in [0.05, 0.1) is 0 Å². The van der Waals surface area contributed by atoms with Gasteiger partial charge in [-0.3, -0.25) is 0 Å². The van der Waals surface area contributed by atoms with E-state index in [-0.39, 0.29) is 0 Å². The third-order valence-electron chi connectivity index (χ3n) is 3.17. The summed E-state index contributed by atoms with van der Waals surface area (Å²) in [5.74, 6) is 0. The molecule has 19 heavy (non-hydrogen) atoms. The molecule has 0 saturated heterocycles. The predicted molar refractivity (Wildman–Crippen MR) is 90.1 cm³/mol. The van der Waals surface area contributed by atoms with Crippen molar-refractivity contribution in [3.8, 4) is 0 Å². The van der Waals surface area contributed by atoms with Crippen LogP contribution in [0.1, 0.15) is 11.1 Å². The number of benzene rings is 2. The maximum absolute atomic E-state index is 5.80. The third-order valence-corrected chi connectivity index (χ3v) is 8.37. The molecule has 0 atom stereocenters. The van der Waals surface area contributed by atoms with Crippen LogP contribution >= 0.6 is 4.73 Å². The van der Waals surface area contributed by atoms with Gasteiger partial charge in [0.1, 0.15) is 0 Å². The Morgan fingerprint density at radius 3 is 1.47 bits per heavy atom. The van der Waals surface area contributed by atoms with E-state index < -0.39 is 4.73 Å². The van der Waals surface area contributed by atoms with Gasteiger partial charge in [0.2, 0.25) is 0 Å². The Morgan fingerprint density at radius 1 is 0.737 bits per heavy atom. The summed E-state index contributed by atoms with van der Waals surface area (Å²) in [5, 5.41) is 0. The van der Waals surface area contributed by atoms with E-state index in [2.05, 4.69) is 76.2 Å². The van der Waals surface area contributed by atoms with Gasteiger partial charge in [0.25, 0.3) is 0 Å². The summed E-state index contributed by atoms with van der Waals surface area (Å²) in [6, 6.07) is 21.3. The molecule has 3 heteroatoms. The number of hydrogen-bond donors (Lipinski definition) is 0. The van der Waals surface area contributed by atoms with E-state index in [1.807, 2.05) is 0 Å². The van der Waals surface area contributed by atoms with E-state index in [0.29, 0.717) is 0 Å². The zero-order chi connectivity index (χ0) is 13.6. The molecule has 0 amide bonds. The molecule has 0 saturated carbocycles. The van der Waals surface area contributed by atoms with Gasteiger partial charge in [-0.05, 0) is 0 Å². The molecule has 0 spiro atoms. The van der Waals surface area contributed by atoms with Gasteiger partial charge in [-0.2, -0.15) is 0 Å². The fraction of sp³-hybridized carbons (Fsp3) is 0.250. The summed E-state index contributed by atoms with van der Waals surface area (Å²) < 4.78 is -1.32. The van der Waals surface area contributed by atoms with Crippen molar-refractivity contribution in [3.05, 3.63) is 71.8 Å². The van der Waals surface area contributed by atoms with Crippen LogP contribution in [0.3, 0.4) is 0 Å². The van der Waals surface area contributed by atoms with Gasteiger partial charge < -0.3 is 0 Å². The van der Waals surface area contributed by atoms with E-state index in [1.54, 1.807) is 0 Å². The van der Waals surface area contributed by atoms with E-state index >= 15 is 0 Å². The molecule has 0 N–H and O–H groups in total. The second-order valence-corrected chi connectivity index (χ2v) is 15.3. The minimum absolute atomic E-state index is 1.10. The van der Waals surface area contributed by atoms with E-state index in [4.69, 9.17) is 11.8 Å². The summed E-state index contributed by atoms with van der Waals surface area (Å²) in [4.78, 5) is 0. The summed E-state index contributed by atoms with van der Waals surface area (Å²) in [6.45, 7) is 0. The fourth-order valence-corrected chi connectivity index (χ4v) is 5.12. The molecule has 2 aromatic rings. The van der Waals surface area contributed by atoms with E-state index in [1.165, 1.54) is 11.1 Å². The summed E-state index contributed by atoms with van der Waals surface area (Å²) in [5.41, 5.74) is 2.79. The monoisotopic (exact) mass is 353 g/mol. The Kier molecular flexibility index (Phi) is 5.85. The average Bonchev–Trinajstić information content (AvgIpc) is 2.46. The molecule has 0 aliphatic heterocycles. The number of rotatable bonds is 6. The minimum atomic E-state index is -1.32. The Balaban J connectivity index is 1.84. The van der Waals surface area contributed by atoms with Crippen LogP contribution < -0.4 is 0 Å². The number of aryl methyl sites for hydroxylation is 2. The molecule has 0 heterocycles. The van der Waals surface area contributed by atoms with Crippen LogP contribution in [-0.2, 0) is 24.6 Å². The van der Waals surface area contributed by atoms with Crippen LogP contribution in [0.5, 0.6) is 0 Å². The second-order valence-electron chi connectivity index (χ2n) is 4.73. The fourth-order valence-electron chi connectivity index (χ4n) is 2.00. The van der Waals surface area contributed by atoms with Crippen molar-refractivity contribution in [2.75, 3.05) is 12.3 Å². The average molecular weight is 352 g/mol. The first-order valence-electron chi connectivity index (χ1n) is 6.53. The van der Waals surface area contributed by atoms with Crippen LogP contribution in [0.25, 0.3) is 0 Å². The summed E-state index contributed by atoms with van der Waals surface area (Å²) >= 11 is 9.12. The van der Waals surface area contributed by atoms with E-state index in [9.17, 15) is 0 Å². The van der Waals surface area contributed by atoms with Crippen molar-refractivity contribution in [2.24, 2.45) is 0 Å².